The number of pyridine rings is 1. The van der Waals surface area contributed by atoms with E-state index in [0.717, 1.165) is 5.56 Å². The maximum atomic E-state index is 13.3. The van der Waals surface area contributed by atoms with Crippen molar-refractivity contribution >= 4 is 22.5 Å². The normalized spacial score (nSPS) is 11.0. The zero-order chi connectivity index (χ0) is 25.7. The minimum absolute atomic E-state index is 0.379. The van der Waals surface area contributed by atoms with Crippen molar-refractivity contribution in [3.05, 3.63) is 83.4 Å². The number of amides is 1. The Morgan fingerprint density at radius 1 is 0.944 bits per heavy atom. The van der Waals surface area contributed by atoms with Crippen LogP contribution in [0.1, 0.15) is 28.4 Å². The SMILES string of the molecule is COc1cc(-c2cc(C(=O)N/N=C(/C)c3ccc(C#N)cc3)c3ccccc3n2)cc(OC)c1OC. The molecule has 3 aromatic carbocycles. The van der Waals surface area contributed by atoms with E-state index >= 15 is 0 Å². The number of rotatable bonds is 7. The first-order valence-corrected chi connectivity index (χ1v) is 11.0. The molecule has 0 aliphatic heterocycles. The molecule has 0 fully saturated rings. The van der Waals surface area contributed by atoms with Crippen LogP contribution in [-0.2, 0) is 0 Å². The van der Waals surface area contributed by atoms with E-state index in [0.29, 0.717) is 56.2 Å². The van der Waals surface area contributed by atoms with E-state index in [-0.39, 0.29) is 5.91 Å². The van der Waals surface area contributed by atoms with Crippen molar-refractivity contribution in [2.24, 2.45) is 5.10 Å². The van der Waals surface area contributed by atoms with Crippen molar-refractivity contribution in [3.8, 4) is 34.6 Å². The third kappa shape index (κ3) is 4.81. The van der Waals surface area contributed by atoms with Crippen molar-refractivity contribution < 1.29 is 19.0 Å². The van der Waals surface area contributed by atoms with Crippen molar-refractivity contribution in [3.63, 3.8) is 0 Å². The highest BCUT2D eigenvalue weighted by Gasteiger charge is 2.18. The van der Waals surface area contributed by atoms with Gasteiger partial charge < -0.3 is 14.2 Å². The maximum absolute atomic E-state index is 13.3. The number of nitrogens with one attached hydrogen (secondary N) is 1. The topological polar surface area (TPSA) is 106 Å². The molecule has 4 rings (SSSR count). The molecule has 8 heteroatoms. The molecule has 0 aliphatic carbocycles. The lowest BCUT2D eigenvalue weighted by molar-refractivity contribution is 0.0956. The molecule has 0 atom stereocenters. The molecule has 36 heavy (non-hydrogen) atoms. The van der Waals surface area contributed by atoms with Gasteiger partial charge in [0.1, 0.15) is 0 Å². The highest BCUT2D eigenvalue weighted by Crippen LogP contribution is 2.41. The summed E-state index contributed by atoms with van der Waals surface area (Å²) in [5.41, 5.74) is 6.93. The number of benzene rings is 3. The molecule has 1 aromatic heterocycles. The highest BCUT2D eigenvalue weighted by atomic mass is 16.5. The third-order valence-electron chi connectivity index (χ3n) is 5.68. The van der Waals surface area contributed by atoms with E-state index in [4.69, 9.17) is 24.5 Å². The Morgan fingerprint density at radius 3 is 2.22 bits per heavy atom. The molecular weight excluding hydrogens is 456 g/mol. The van der Waals surface area contributed by atoms with Gasteiger partial charge in [-0.3, -0.25) is 4.79 Å². The fourth-order valence-electron chi connectivity index (χ4n) is 3.79. The molecule has 8 nitrogen and oxygen atoms in total. The second kappa shape index (κ2) is 10.6. The van der Waals surface area contributed by atoms with Crippen molar-refractivity contribution in [1.82, 2.24) is 10.4 Å². The number of fused-ring (bicyclic) bond motifs is 1. The van der Waals surface area contributed by atoms with Crippen LogP contribution in [0.5, 0.6) is 17.2 Å². The van der Waals surface area contributed by atoms with Gasteiger partial charge in [-0.15, -0.1) is 0 Å². The summed E-state index contributed by atoms with van der Waals surface area (Å²) >= 11 is 0. The number of aromatic nitrogens is 1. The summed E-state index contributed by atoms with van der Waals surface area (Å²) in [5.74, 6) is 1.05. The average Bonchev–Trinajstić information content (AvgIpc) is 2.94. The molecule has 180 valence electrons. The molecule has 0 saturated heterocycles. The second-order valence-electron chi connectivity index (χ2n) is 7.81. The number of hydrogen-bond donors (Lipinski definition) is 1. The summed E-state index contributed by atoms with van der Waals surface area (Å²) in [5, 5.41) is 13.9. The highest BCUT2D eigenvalue weighted by molar-refractivity contribution is 6.08. The van der Waals surface area contributed by atoms with Gasteiger partial charge in [0.15, 0.2) is 11.5 Å². The number of carbonyl (C=O) groups excluding carboxylic acids is 1. The van der Waals surface area contributed by atoms with Crippen LogP contribution >= 0.6 is 0 Å². The number of ether oxygens (including phenoxy) is 3. The summed E-state index contributed by atoms with van der Waals surface area (Å²) in [6.07, 6.45) is 0. The Kier molecular flexibility index (Phi) is 7.12. The van der Waals surface area contributed by atoms with Gasteiger partial charge in [0.2, 0.25) is 5.75 Å². The summed E-state index contributed by atoms with van der Waals surface area (Å²) in [4.78, 5) is 18.0. The number of hydrazone groups is 1. The molecule has 1 heterocycles. The molecular formula is C28H24N4O4. The monoisotopic (exact) mass is 480 g/mol. The predicted octanol–water partition coefficient (Wildman–Crippen LogP) is 4.95. The summed E-state index contributed by atoms with van der Waals surface area (Å²) in [6.45, 7) is 1.79. The van der Waals surface area contributed by atoms with Crippen LogP contribution < -0.4 is 19.6 Å². The minimum atomic E-state index is -0.379. The Balaban J connectivity index is 1.74. The van der Waals surface area contributed by atoms with E-state index in [9.17, 15) is 4.79 Å². The van der Waals surface area contributed by atoms with Crippen LogP contribution in [0.4, 0.5) is 0 Å². The van der Waals surface area contributed by atoms with Gasteiger partial charge in [0.25, 0.3) is 5.91 Å². The Hall–Kier alpha value is -4.90. The lowest BCUT2D eigenvalue weighted by atomic mass is 10.0. The van der Waals surface area contributed by atoms with Crippen LogP contribution in [0.3, 0.4) is 0 Å². The van der Waals surface area contributed by atoms with E-state index in [2.05, 4.69) is 16.6 Å². The quantitative estimate of drug-likeness (QED) is 0.296. The van der Waals surface area contributed by atoms with Crippen LogP contribution in [0.25, 0.3) is 22.2 Å². The van der Waals surface area contributed by atoms with E-state index in [1.165, 1.54) is 7.11 Å². The molecule has 0 aliphatic rings. The Bertz CT molecular complexity index is 1480. The van der Waals surface area contributed by atoms with Crippen molar-refractivity contribution in [2.45, 2.75) is 6.92 Å². The van der Waals surface area contributed by atoms with Gasteiger partial charge >= 0.3 is 0 Å². The zero-order valence-corrected chi connectivity index (χ0v) is 20.3. The first kappa shape index (κ1) is 24.2. The summed E-state index contributed by atoms with van der Waals surface area (Å²) < 4.78 is 16.4. The molecule has 1 amide bonds. The van der Waals surface area contributed by atoms with Crippen LogP contribution in [0.15, 0.2) is 71.8 Å². The smallest absolute Gasteiger partial charge is 0.272 e. The summed E-state index contributed by atoms with van der Waals surface area (Å²) in [7, 11) is 4.63. The first-order chi connectivity index (χ1) is 17.5. The molecule has 4 aromatic rings. The molecule has 0 bridgehead atoms. The Morgan fingerprint density at radius 2 is 1.61 bits per heavy atom. The molecule has 1 N–H and O–H groups in total. The summed E-state index contributed by atoms with van der Waals surface area (Å²) in [6, 6.07) is 21.8. The first-order valence-electron chi connectivity index (χ1n) is 11.0. The Labute approximate surface area is 208 Å². The maximum Gasteiger partial charge on any atom is 0.272 e. The standard InChI is InChI=1S/C28H24N4O4/c1-17(19-11-9-18(16-29)10-12-19)31-32-28(33)22-15-24(30-23-8-6-5-7-21(22)23)20-13-25(34-2)27(36-4)26(14-20)35-3/h5-15H,1-4H3,(H,32,33)/b31-17-. The number of methoxy groups -OCH3 is 3. The van der Waals surface area contributed by atoms with Gasteiger partial charge in [0.05, 0.1) is 55.4 Å². The van der Waals surface area contributed by atoms with Gasteiger partial charge in [-0.2, -0.15) is 10.4 Å². The lowest BCUT2D eigenvalue weighted by Gasteiger charge is -2.15. The van der Waals surface area contributed by atoms with Gasteiger partial charge in [-0.05, 0) is 48.9 Å². The number of nitrogens with zero attached hydrogens (tertiary/aromatic N) is 3. The van der Waals surface area contributed by atoms with E-state index in [1.54, 1.807) is 63.6 Å². The second-order valence-corrected chi connectivity index (χ2v) is 7.81. The number of carbonyl (C=O) groups is 1. The third-order valence-corrected chi connectivity index (χ3v) is 5.68. The average molecular weight is 481 g/mol. The number of hydrogen-bond acceptors (Lipinski definition) is 7. The van der Waals surface area contributed by atoms with E-state index in [1.807, 2.05) is 24.3 Å². The molecule has 0 radical (unpaired) electrons. The van der Waals surface area contributed by atoms with Crippen LogP contribution in [-0.4, -0.2) is 37.9 Å². The van der Waals surface area contributed by atoms with Crippen molar-refractivity contribution in [2.75, 3.05) is 21.3 Å². The van der Waals surface area contributed by atoms with Crippen molar-refractivity contribution in [1.29, 1.82) is 5.26 Å². The number of para-hydroxylation sites is 1. The number of nitriles is 1. The zero-order valence-electron chi connectivity index (χ0n) is 20.3. The van der Waals surface area contributed by atoms with Gasteiger partial charge in [-0.25, -0.2) is 10.4 Å². The van der Waals surface area contributed by atoms with Gasteiger partial charge in [0, 0.05) is 10.9 Å². The lowest BCUT2D eigenvalue weighted by Crippen LogP contribution is -2.20. The molecule has 0 spiro atoms. The molecule has 0 unspecified atom stereocenters. The minimum Gasteiger partial charge on any atom is -0.493 e. The fourth-order valence-corrected chi connectivity index (χ4v) is 3.79. The van der Waals surface area contributed by atoms with Gasteiger partial charge in [-0.1, -0.05) is 30.3 Å². The predicted molar refractivity (Wildman–Crippen MR) is 138 cm³/mol. The van der Waals surface area contributed by atoms with Crippen LogP contribution in [0.2, 0.25) is 0 Å². The van der Waals surface area contributed by atoms with E-state index < -0.39 is 0 Å². The largest absolute Gasteiger partial charge is 0.493 e. The molecule has 0 saturated carbocycles. The van der Waals surface area contributed by atoms with Crippen LogP contribution in [0, 0.1) is 11.3 Å². The fraction of sp³-hybridized carbons (Fsp3) is 0.143.